The maximum absolute atomic E-state index is 13.8. The predicted molar refractivity (Wildman–Crippen MR) is 148 cm³/mol. The fourth-order valence-corrected chi connectivity index (χ4v) is 4.47. The molecule has 12 heteroatoms. The van der Waals surface area contributed by atoms with Gasteiger partial charge in [0.05, 0.1) is 47.0 Å². The third-order valence-corrected chi connectivity index (χ3v) is 6.42. The molecular weight excluding hydrogens is 526 g/mol. The number of aromatic carboxylic acids is 1. The number of hydrogen-bond acceptors (Lipinski definition) is 8. The first kappa shape index (κ1) is 23.1. The van der Waals surface area contributed by atoms with Crippen molar-refractivity contribution >= 4 is 41.0 Å². The first-order valence-corrected chi connectivity index (χ1v) is 12.5. The second-order valence-electron chi connectivity index (χ2n) is 8.82. The Morgan fingerprint density at radius 1 is 1.36 bits per heavy atom. The van der Waals surface area contributed by atoms with Crippen molar-refractivity contribution in [2.24, 2.45) is 10.9 Å². The monoisotopic (exact) mass is 564 g/mol. The molecule has 0 saturated heterocycles. The van der Waals surface area contributed by atoms with Gasteiger partial charge in [0.15, 0.2) is 0 Å². The van der Waals surface area contributed by atoms with E-state index in [4.69, 9.17) is 33.8 Å². The molecule has 3 amide bonds. The third kappa shape index (κ3) is 7.61. The molecule has 0 unspecified atom stereocenters. The molecule has 1 heterocycles. The van der Waals surface area contributed by atoms with Gasteiger partial charge in [-0.05, 0) is 61.2 Å². The number of urea groups is 1. The largest absolute Gasteiger partial charge is 0.496 e. The van der Waals surface area contributed by atoms with Crippen molar-refractivity contribution < 1.29 is 35.9 Å². The summed E-state index contributed by atoms with van der Waals surface area (Å²) >= 11 is 6.17. The molecule has 0 fully saturated rings. The van der Waals surface area contributed by atoms with Crippen LogP contribution in [-0.4, -0.2) is 60.5 Å². The number of amides is 3. The number of carboxylic acids is 1. The third-order valence-electron chi connectivity index (χ3n) is 6.18. The van der Waals surface area contributed by atoms with E-state index in [1.165, 1.54) is 25.3 Å². The first-order chi connectivity index (χ1) is 20.6. The van der Waals surface area contributed by atoms with E-state index < -0.39 is 49.8 Å². The number of carboxylic acid groups (broad SMARTS) is 1. The number of methoxy groups -OCH3 is 1. The second kappa shape index (κ2) is 13.8. The Bertz CT molecular complexity index is 1420. The van der Waals surface area contributed by atoms with Crippen LogP contribution in [0.15, 0.2) is 41.4 Å². The lowest BCUT2D eigenvalue weighted by Gasteiger charge is -2.27. The quantitative estimate of drug-likeness (QED) is 0.251. The molecule has 1 aliphatic heterocycles. The summed E-state index contributed by atoms with van der Waals surface area (Å²) in [5.74, 6) is -2.43. The van der Waals surface area contributed by atoms with E-state index in [9.17, 15) is 19.5 Å². The number of benzene rings is 2. The van der Waals surface area contributed by atoms with Gasteiger partial charge in [0.1, 0.15) is 11.6 Å². The number of hydroxylamine groups is 1. The molecule has 0 radical (unpaired) electrons. The molecule has 39 heavy (non-hydrogen) atoms. The molecule has 0 saturated carbocycles. The van der Waals surface area contributed by atoms with Crippen LogP contribution in [0.2, 0.25) is 5.02 Å². The Labute approximate surface area is 239 Å². The Balaban J connectivity index is 1.94. The highest BCUT2D eigenvalue weighted by molar-refractivity contribution is 6.30. The number of imide groups is 1. The molecule has 2 atom stereocenters. The number of nitrogen functional groups attached to an aromatic ring is 1. The molecule has 0 aromatic heterocycles. The number of ether oxygens (including phenoxy) is 1. The first-order valence-electron chi connectivity index (χ1n) is 14.6. The molecule has 5 N–H and O–H groups in total. The topological polar surface area (TPSA) is 156 Å². The summed E-state index contributed by atoms with van der Waals surface area (Å²) in [7, 11) is 1.46. The molecule has 3 rings (SSSR count). The van der Waals surface area contributed by atoms with Crippen LogP contribution in [0.5, 0.6) is 5.75 Å². The smallest absolute Gasteiger partial charge is 0.337 e. The van der Waals surface area contributed by atoms with Crippen molar-refractivity contribution in [1.82, 2.24) is 15.7 Å². The summed E-state index contributed by atoms with van der Waals surface area (Å²) < 4.78 is 42.9. The highest BCUT2D eigenvalue weighted by atomic mass is 35.5. The lowest BCUT2D eigenvalue weighted by atomic mass is 9.97. The minimum absolute atomic E-state index is 0.00558. The Morgan fingerprint density at radius 3 is 2.82 bits per heavy atom. The van der Waals surface area contributed by atoms with Crippen molar-refractivity contribution in [2.45, 2.75) is 39.1 Å². The van der Waals surface area contributed by atoms with Gasteiger partial charge in [0, 0.05) is 14.8 Å². The number of carbonyl (C=O) groups excluding carboxylic acids is 2. The molecular formula is C27H34ClN5O6. The molecule has 210 valence electrons. The highest BCUT2D eigenvalue weighted by Gasteiger charge is 2.34. The van der Waals surface area contributed by atoms with Crippen LogP contribution in [-0.2, 0) is 16.1 Å². The average molecular weight is 565 g/mol. The van der Waals surface area contributed by atoms with Gasteiger partial charge in [-0.1, -0.05) is 31.0 Å². The number of nitrogens with one attached hydrogen (secondary N) is 2. The fourth-order valence-electron chi connectivity index (χ4n) is 4.27. The van der Waals surface area contributed by atoms with Crippen LogP contribution in [0.3, 0.4) is 0 Å². The van der Waals surface area contributed by atoms with E-state index in [0.717, 1.165) is 4.90 Å². The highest BCUT2D eigenvalue weighted by Crippen LogP contribution is 2.28. The summed E-state index contributed by atoms with van der Waals surface area (Å²) in [4.78, 5) is 48.9. The molecule has 0 spiro atoms. The summed E-state index contributed by atoms with van der Waals surface area (Å²) in [6.45, 7) is -5.03. The maximum Gasteiger partial charge on any atom is 0.337 e. The van der Waals surface area contributed by atoms with Gasteiger partial charge < -0.3 is 20.9 Å². The molecule has 0 aliphatic carbocycles. The molecule has 0 bridgehead atoms. The fraction of sp³-hybridized carbons (Fsp3) is 0.407. The number of amidine groups is 1. The van der Waals surface area contributed by atoms with E-state index in [0.29, 0.717) is 34.7 Å². The number of hydrogen-bond donors (Lipinski definition) is 4. The van der Waals surface area contributed by atoms with Crippen molar-refractivity contribution in [3.63, 3.8) is 0 Å². The van der Waals surface area contributed by atoms with Crippen LogP contribution in [0.1, 0.15) is 61.0 Å². The molecule has 2 aromatic carbocycles. The van der Waals surface area contributed by atoms with Crippen LogP contribution in [0.4, 0.5) is 10.5 Å². The number of halogens is 1. The standard InChI is InChI=1S/C27H34ClN5O6/c1-4-6-22(16-7-9-20(26(35)36)21(29)13-16)31-27(37)33-15-24(32-39-5-2)30-14-18(25(33)34)11-17-12-19(28)8-10-23(17)38-3/h7-10,12-13,18,22H,4-6,11,14-15,29H2,1-3H3,(H,30,32)(H,31,37)(H,35,36)/t18-,22+/m0/s1/i2D3,5D2. The van der Waals surface area contributed by atoms with Gasteiger partial charge in [-0.15, -0.1) is 0 Å². The summed E-state index contributed by atoms with van der Waals surface area (Å²) in [5.41, 5.74) is 9.13. The number of nitrogens with two attached hydrogens (primary N) is 1. The SMILES string of the molecule is [2H]C([2H])([2H])C([2H])([2H])ONC1=NC[C@H](Cc2cc(Cl)ccc2OC)C(=O)N(C(=O)N[C@H](CCC)c2ccc(C(=O)O)c(N)c2)C1. The van der Waals surface area contributed by atoms with E-state index in [2.05, 4.69) is 15.8 Å². The number of carbonyl (C=O) groups is 3. The van der Waals surface area contributed by atoms with Crippen LogP contribution in [0.25, 0.3) is 0 Å². The van der Waals surface area contributed by atoms with Crippen LogP contribution in [0, 0.1) is 5.92 Å². The van der Waals surface area contributed by atoms with Gasteiger partial charge in [-0.2, -0.15) is 0 Å². The van der Waals surface area contributed by atoms with Gasteiger partial charge in [-0.3, -0.25) is 25.0 Å². The Morgan fingerprint density at radius 2 is 2.15 bits per heavy atom. The Kier molecular flexibility index (Phi) is 8.18. The van der Waals surface area contributed by atoms with Gasteiger partial charge in [0.25, 0.3) is 0 Å². The zero-order valence-electron chi connectivity index (χ0n) is 26.5. The molecule has 11 nitrogen and oxygen atoms in total. The van der Waals surface area contributed by atoms with Gasteiger partial charge >= 0.3 is 12.0 Å². The minimum atomic E-state index is -3.14. The van der Waals surface area contributed by atoms with Crippen molar-refractivity contribution in [3.8, 4) is 5.75 Å². The number of nitrogens with zero attached hydrogens (tertiary/aromatic N) is 2. The maximum atomic E-state index is 13.8. The minimum Gasteiger partial charge on any atom is -0.496 e. The number of rotatable bonds is 10. The normalized spacial score (nSPS) is 18.8. The lowest BCUT2D eigenvalue weighted by Crippen LogP contribution is -2.50. The van der Waals surface area contributed by atoms with Gasteiger partial charge in [-0.25, -0.2) is 9.59 Å². The summed E-state index contributed by atoms with van der Waals surface area (Å²) in [6, 6.07) is 7.71. The summed E-state index contributed by atoms with van der Waals surface area (Å²) in [5, 5.41) is 12.5. The predicted octanol–water partition coefficient (Wildman–Crippen LogP) is 3.82. The molecule has 2 aromatic rings. The van der Waals surface area contributed by atoms with Crippen molar-refractivity contribution in [2.75, 3.05) is 32.5 Å². The van der Waals surface area contributed by atoms with E-state index in [-0.39, 0.29) is 30.1 Å². The van der Waals surface area contributed by atoms with Crippen LogP contribution >= 0.6 is 11.6 Å². The number of aliphatic imine (C=N–C) groups is 1. The van der Waals surface area contributed by atoms with Crippen LogP contribution < -0.4 is 21.3 Å². The number of anilines is 1. The second-order valence-corrected chi connectivity index (χ2v) is 9.25. The lowest BCUT2D eigenvalue weighted by molar-refractivity contribution is -0.131. The van der Waals surface area contributed by atoms with E-state index >= 15 is 0 Å². The summed E-state index contributed by atoms with van der Waals surface area (Å²) in [6.07, 6.45) is 1.11. The van der Waals surface area contributed by atoms with E-state index in [1.54, 1.807) is 18.2 Å². The molecule has 1 aliphatic rings. The van der Waals surface area contributed by atoms with Crippen molar-refractivity contribution in [3.05, 3.63) is 58.1 Å². The van der Waals surface area contributed by atoms with E-state index in [1.807, 2.05) is 6.92 Å². The van der Waals surface area contributed by atoms with Crippen molar-refractivity contribution in [1.29, 1.82) is 0 Å². The average Bonchev–Trinajstić information content (AvgIpc) is 3.09. The zero-order valence-corrected chi connectivity index (χ0v) is 22.2. The zero-order chi connectivity index (χ0) is 32.8. The van der Waals surface area contributed by atoms with Gasteiger partial charge in [0.2, 0.25) is 5.91 Å². The Hall–Kier alpha value is -3.83.